The Morgan fingerprint density at radius 1 is 1.41 bits per heavy atom. The second kappa shape index (κ2) is 6.71. The van der Waals surface area contributed by atoms with Crippen molar-refractivity contribution < 1.29 is 13.5 Å². The summed E-state index contributed by atoms with van der Waals surface area (Å²) in [5.41, 5.74) is 0. The maximum Gasteiger partial charge on any atom is 0.151 e. The van der Waals surface area contributed by atoms with Crippen molar-refractivity contribution in [3.05, 3.63) is 0 Å². The van der Waals surface area contributed by atoms with Gasteiger partial charge in [-0.3, -0.25) is 0 Å². The van der Waals surface area contributed by atoms with Crippen molar-refractivity contribution >= 4 is 9.84 Å². The maximum absolute atomic E-state index is 11.6. The molecular formula is C12H25NO3S. The van der Waals surface area contributed by atoms with Gasteiger partial charge in [-0.05, 0) is 31.7 Å². The van der Waals surface area contributed by atoms with Gasteiger partial charge in [-0.2, -0.15) is 0 Å². The van der Waals surface area contributed by atoms with E-state index in [0.717, 1.165) is 38.6 Å². The molecule has 0 heterocycles. The van der Waals surface area contributed by atoms with Gasteiger partial charge in [-0.25, -0.2) is 8.42 Å². The summed E-state index contributed by atoms with van der Waals surface area (Å²) in [7, 11) is -2.93. The predicted molar refractivity (Wildman–Crippen MR) is 69.8 cm³/mol. The summed E-state index contributed by atoms with van der Waals surface area (Å²) < 4.78 is 23.2. The van der Waals surface area contributed by atoms with Gasteiger partial charge in [0.2, 0.25) is 0 Å². The van der Waals surface area contributed by atoms with Crippen LogP contribution in [-0.2, 0) is 9.84 Å². The van der Waals surface area contributed by atoms with E-state index < -0.39 is 9.84 Å². The van der Waals surface area contributed by atoms with Gasteiger partial charge in [0.05, 0.1) is 5.25 Å². The van der Waals surface area contributed by atoms with E-state index in [9.17, 15) is 8.42 Å². The number of hydrogen-bond donors (Lipinski definition) is 2. The minimum atomic E-state index is -2.93. The van der Waals surface area contributed by atoms with Crippen LogP contribution in [0.4, 0.5) is 0 Å². The summed E-state index contributed by atoms with van der Waals surface area (Å²) in [6.45, 7) is 3.12. The molecule has 3 unspecified atom stereocenters. The molecule has 17 heavy (non-hydrogen) atoms. The van der Waals surface area contributed by atoms with E-state index in [1.165, 1.54) is 6.26 Å². The van der Waals surface area contributed by atoms with Crippen molar-refractivity contribution in [1.29, 1.82) is 0 Å². The van der Waals surface area contributed by atoms with Crippen LogP contribution in [0.5, 0.6) is 0 Å². The standard InChI is InChI=1S/C12H25NO3S/c1-3-10(7-8-14)9-13-11-5-4-6-12(11)17(2,15)16/h10-14H,3-9H2,1-2H3. The molecular weight excluding hydrogens is 238 g/mol. The minimum Gasteiger partial charge on any atom is -0.396 e. The zero-order valence-electron chi connectivity index (χ0n) is 10.9. The SMILES string of the molecule is CCC(CCO)CNC1CCCC1S(C)(=O)=O. The Hall–Kier alpha value is -0.130. The fourth-order valence-corrected chi connectivity index (χ4v) is 4.05. The lowest BCUT2D eigenvalue weighted by Crippen LogP contribution is -2.42. The van der Waals surface area contributed by atoms with E-state index >= 15 is 0 Å². The Bertz CT molecular complexity index is 316. The molecule has 0 bridgehead atoms. The number of hydrogen-bond acceptors (Lipinski definition) is 4. The molecule has 1 aliphatic carbocycles. The van der Waals surface area contributed by atoms with Crippen molar-refractivity contribution in [3.8, 4) is 0 Å². The highest BCUT2D eigenvalue weighted by Crippen LogP contribution is 2.25. The Morgan fingerprint density at radius 3 is 2.65 bits per heavy atom. The number of sulfone groups is 1. The lowest BCUT2D eigenvalue weighted by molar-refractivity contribution is 0.248. The van der Waals surface area contributed by atoms with Crippen molar-refractivity contribution in [2.75, 3.05) is 19.4 Å². The Balaban J connectivity index is 2.45. The first-order chi connectivity index (χ1) is 7.99. The molecule has 0 saturated heterocycles. The second-order valence-corrected chi connectivity index (χ2v) is 7.36. The summed E-state index contributed by atoms with van der Waals surface area (Å²) in [4.78, 5) is 0. The normalized spacial score (nSPS) is 27.2. The average Bonchev–Trinajstić information content (AvgIpc) is 2.72. The molecule has 0 aromatic carbocycles. The summed E-state index contributed by atoms with van der Waals surface area (Å²) >= 11 is 0. The van der Waals surface area contributed by atoms with Crippen LogP contribution in [0.1, 0.15) is 39.0 Å². The van der Waals surface area contributed by atoms with E-state index in [-0.39, 0.29) is 17.9 Å². The van der Waals surface area contributed by atoms with E-state index in [0.29, 0.717) is 5.92 Å². The molecule has 1 aliphatic rings. The molecule has 0 spiro atoms. The van der Waals surface area contributed by atoms with Gasteiger partial charge in [0.15, 0.2) is 9.84 Å². The largest absolute Gasteiger partial charge is 0.396 e. The number of aliphatic hydroxyl groups is 1. The highest BCUT2D eigenvalue weighted by molar-refractivity contribution is 7.91. The lowest BCUT2D eigenvalue weighted by Gasteiger charge is -2.22. The molecule has 0 aromatic heterocycles. The molecule has 5 heteroatoms. The van der Waals surface area contributed by atoms with Crippen molar-refractivity contribution in [1.82, 2.24) is 5.32 Å². The lowest BCUT2D eigenvalue weighted by atomic mass is 10.0. The van der Waals surface area contributed by atoms with Crippen LogP contribution in [0.3, 0.4) is 0 Å². The first kappa shape index (κ1) is 14.9. The Labute approximate surface area is 105 Å². The average molecular weight is 263 g/mol. The van der Waals surface area contributed by atoms with Crippen LogP contribution in [0, 0.1) is 5.92 Å². The van der Waals surface area contributed by atoms with Gasteiger partial charge >= 0.3 is 0 Å². The van der Waals surface area contributed by atoms with E-state index in [1.54, 1.807) is 0 Å². The van der Waals surface area contributed by atoms with Crippen LogP contribution >= 0.6 is 0 Å². The molecule has 0 aliphatic heterocycles. The van der Waals surface area contributed by atoms with Gasteiger partial charge in [-0.15, -0.1) is 0 Å². The van der Waals surface area contributed by atoms with Crippen LogP contribution in [0.25, 0.3) is 0 Å². The van der Waals surface area contributed by atoms with E-state index in [1.807, 2.05) is 0 Å². The van der Waals surface area contributed by atoms with Crippen LogP contribution < -0.4 is 5.32 Å². The molecule has 2 N–H and O–H groups in total. The van der Waals surface area contributed by atoms with Crippen molar-refractivity contribution in [3.63, 3.8) is 0 Å². The summed E-state index contributed by atoms with van der Waals surface area (Å²) in [5.74, 6) is 0.445. The van der Waals surface area contributed by atoms with Gasteiger partial charge < -0.3 is 10.4 Å². The third kappa shape index (κ3) is 4.56. The summed E-state index contributed by atoms with van der Waals surface area (Å²) in [6.07, 6.45) is 5.87. The van der Waals surface area contributed by atoms with Gasteiger partial charge in [0, 0.05) is 18.9 Å². The van der Waals surface area contributed by atoms with E-state index in [2.05, 4.69) is 12.2 Å². The summed E-state index contributed by atoms with van der Waals surface area (Å²) in [5, 5.41) is 12.1. The zero-order valence-corrected chi connectivity index (χ0v) is 11.7. The van der Waals surface area contributed by atoms with Crippen molar-refractivity contribution in [2.45, 2.75) is 50.3 Å². The van der Waals surface area contributed by atoms with Crippen LogP contribution in [0.15, 0.2) is 0 Å². The fourth-order valence-electron chi connectivity index (χ4n) is 2.62. The molecule has 1 saturated carbocycles. The number of aliphatic hydroxyl groups excluding tert-OH is 1. The second-order valence-electron chi connectivity index (χ2n) is 5.10. The molecule has 0 amide bonds. The van der Waals surface area contributed by atoms with Crippen LogP contribution in [-0.4, -0.2) is 44.2 Å². The molecule has 1 fully saturated rings. The van der Waals surface area contributed by atoms with E-state index in [4.69, 9.17) is 5.11 Å². The monoisotopic (exact) mass is 263 g/mol. The third-order valence-corrected chi connectivity index (χ3v) is 5.45. The first-order valence-corrected chi connectivity index (χ1v) is 8.47. The van der Waals surface area contributed by atoms with Gasteiger partial charge in [-0.1, -0.05) is 19.8 Å². The zero-order chi connectivity index (χ0) is 12.9. The topological polar surface area (TPSA) is 66.4 Å². The Morgan fingerprint density at radius 2 is 2.12 bits per heavy atom. The smallest absolute Gasteiger partial charge is 0.151 e. The Kier molecular flexibility index (Phi) is 5.89. The molecule has 102 valence electrons. The summed E-state index contributed by atoms with van der Waals surface area (Å²) in [6, 6.07) is 0.109. The van der Waals surface area contributed by atoms with Gasteiger partial charge in [0.25, 0.3) is 0 Å². The maximum atomic E-state index is 11.6. The minimum absolute atomic E-state index is 0.109. The van der Waals surface area contributed by atoms with Crippen LogP contribution in [0.2, 0.25) is 0 Å². The quantitative estimate of drug-likeness (QED) is 0.718. The number of rotatable bonds is 7. The fraction of sp³-hybridized carbons (Fsp3) is 1.00. The first-order valence-electron chi connectivity index (χ1n) is 6.52. The van der Waals surface area contributed by atoms with Gasteiger partial charge in [0.1, 0.15) is 0 Å². The highest BCUT2D eigenvalue weighted by atomic mass is 32.2. The molecule has 4 nitrogen and oxygen atoms in total. The molecule has 3 atom stereocenters. The molecule has 0 aromatic rings. The van der Waals surface area contributed by atoms with Crippen molar-refractivity contribution in [2.24, 2.45) is 5.92 Å². The molecule has 1 rings (SSSR count). The third-order valence-electron chi connectivity index (χ3n) is 3.79. The predicted octanol–water partition coefficient (Wildman–Crippen LogP) is 0.950. The molecule has 0 radical (unpaired) electrons. The highest BCUT2D eigenvalue weighted by Gasteiger charge is 2.34. The number of nitrogens with one attached hydrogen (secondary N) is 1.